The molecular weight excluding hydrogens is 202 g/mol. The Labute approximate surface area is 94.9 Å². The minimum absolute atomic E-state index is 0.554. The summed E-state index contributed by atoms with van der Waals surface area (Å²) in [6.07, 6.45) is 5.48. The first kappa shape index (κ1) is 10.7. The molecule has 16 heavy (non-hydrogen) atoms. The molecule has 0 aliphatic rings. The van der Waals surface area contributed by atoms with Crippen LogP contribution in [0.4, 0.5) is 5.82 Å². The Hall–Kier alpha value is -1.78. The summed E-state index contributed by atoms with van der Waals surface area (Å²) < 4.78 is 3.73. The number of anilines is 1. The molecule has 0 spiro atoms. The minimum atomic E-state index is 0.554. The summed E-state index contributed by atoms with van der Waals surface area (Å²) in [7, 11) is 1.88. The number of imidazole rings is 1. The van der Waals surface area contributed by atoms with E-state index < -0.39 is 0 Å². The van der Waals surface area contributed by atoms with Crippen molar-refractivity contribution in [2.75, 3.05) is 5.73 Å². The Bertz CT molecular complexity index is 480. The van der Waals surface area contributed by atoms with Gasteiger partial charge < -0.3 is 10.3 Å². The van der Waals surface area contributed by atoms with Crippen molar-refractivity contribution in [1.82, 2.24) is 19.3 Å². The molecule has 0 bridgehead atoms. The van der Waals surface area contributed by atoms with Gasteiger partial charge >= 0.3 is 0 Å². The van der Waals surface area contributed by atoms with Crippen molar-refractivity contribution in [2.45, 2.75) is 20.4 Å². The van der Waals surface area contributed by atoms with Crippen LogP contribution in [0.5, 0.6) is 0 Å². The first-order chi connectivity index (χ1) is 7.58. The van der Waals surface area contributed by atoms with Gasteiger partial charge in [-0.15, -0.1) is 0 Å². The monoisotopic (exact) mass is 219 g/mol. The Morgan fingerprint density at radius 1 is 1.44 bits per heavy atom. The fraction of sp³-hybridized carbons (Fsp3) is 0.455. The van der Waals surface area contributed by atoms with E-state index in [4.69, 9.17) is 5.73 Å². The number of nitrogens with zero attached hydrogens (tertiary/aromatic N) is 4. The van der Waals surface area contributed by atoms with Crippen LogP contribution in [-0.2, 0) is 13.6 Å². The highest BCUT2D eigenvalue weighted by molar-refractivity contribution is 5.69. The van der Waals surface area contributed by atoms with Gasteiger partial charge in [0.15, 0.2) is 0 Å². The van der Waals surface area contributed by atoms with E-state index >= 15 is 0 Å². The van der Waals surface area contributed by atoms with Crippen molar-refractivity contribution >= 4 is 5.82 Å². The Kier molecular flexibility index (Phi) is 2.68. The maximum absolute atomic E-state index is 6.06. The van der Waals surface area contributed by atoms with Crippen LogP contribution in [0.3, 0.4) is 0 Å². The molecule has 0 unspecified atom stereocenters. The van der Waals surface area contributed by atoms with Crippen LogP contribution in [0.15, 0.2) is 18.7 Å². The zero-order valence-corrected chi connectivity index (χ0v) is 9.88. The van der Waals surface area contributed by atoms with Gasteiger partial charge in [0, 0.05) is 25.4 Å². The molecular formula is C11H17N5. The molecule has 2 aromatic heterocycles. The van der Waals surface area contributed by atoms with E-state index in [1.807, 2.05) is 17.8 Å². The lowest BCUT2D eigenvalue weighted by Crippen LogP contribution is -2.06. The summed E-state index contributed by atoms with van der Waals surface area (Å²) in [6.45, 7) is 5.20. The summed E-state index contributed by atoms with van der Waals surface area (Å²) in [5, 5.41) is 4.12. The maximum Gasteiger partial charge on any atom is 0.131 e. The van der Waals surface area contributed by atoms with E-state index in [9.17, 15) is 0 Å². The van der Waals surface area contributed by atoms with Crippen molar-refractivity contribution in [1.29, 1.82) is 0 Å². The van der Waals surface area contributed by atoms with Crippen molar-refractivity contribution < 1.29 is 0 Å². The highest BCUT2D eigenvalue weighted by atomic mass is 15.2. The summed E-state index contributed by atoms with van der Waals surface area (Å²) >= 11 is 0. The molecule has 2 N–H and O–H groups in total. The van der Waals surface area contributed by atoms with Gasteiger partial charge in [-0.25, -0.2) is 4.98 Å². The molecule has 0 aromatic carbocycles. The van der Waals surface area contributed by atoms with Crippen LogP contribution in [0, 0.1) is 5.92 Å². The second-order valence-corrected chi connectivity index (χ2v) is 4.43. The molecule has 0 amide bonds. The largest absolute Gasteiger partial charge is 0.383 e. The lowest BCUT2D eigenvalue weighted by atomic mass is 10.2. The molecule has 86 valence electrons. The summed E-state index contributed by atoms with van der Waals surface area (Å²) in [5.74, 6) is 1.26. The molecule has 0 atom stereocenters. The van der Waals surface area contributed by atoms with Gasteiger partial charge in [-0.2, -0.15) is 5.10 Å². The van der Waals surface area contributed by atoms with Crippen molar-refractivity contribution in [3.63, 3.8) is 0 Å². The number of aryl methyl sites for hydroxylation is 1. The van der Waals surface area contributed by atoms with Gasteiger partial charge in [0.05, 0.1) is 12.5 Å². The molecule has 2 aromatic rings. The molecule has 0 fully saturated rings. The highest BCUT2D eigenvalue weighted by Crippen LogP contribution is 2.23. The van der Waals surface area contributed by atoms with E-state index in [-0.39, 0.29) is 0 Å². The molecule has 0 aliphatic carbocycles. The van der Waals surface area contributed by atoms with Crippen LogP contribution >= 0.6 is 0 Å². The highest BCUT2D eigenvalue weighted by Gasteiger charge is 2.11. The van der Waals surface area contributed by atoms with Gasteiger partial charge in [0.25, 0.3) is 0 Å². The zero-order chi connectivity index (χ0) is 11.7. The number of hydrogen-bond donors (Lipinski definition) is 1. The predicted molar refractivity (Wildman–Crippen MR) is 63.7 cm³/mol. The quantitative estimate of drug-likeness (QED) is 0.851. The number of hydrogen-bond acceptors (Lipinski definition) is 3. The van der Waals surface area contributed by atoms with Gasteiger partial charge in [-0.1, -0.05) is 13.8 Å². The zero-order valence-electron chi connectivity index (χ0n) is 9.88. The predicted octanol–water partition coefficient (Wildman–Crippen LogP) is 1.52. The fourth-order valence-corrected chi connectivity index (χ4v) is 1.70. The molecule has 2 rings (SSSR count). The lowest BCUT2D eigenvalue weighted by Gasteiger charge is -2.07. The third kappa shape index (κ3) is 1.93. The first-order valence-corrected chi connectivity index (χ1v) is 5.37. The second kappa shape index (κ2) is 4.00. The molecule has 0 radical (unpaired) electrons. The van der Waals surface area contributed by atoms with Crippen LogP contribution in [-0.4, -0.2) is 19.3 Å². The van der Waals surface area contributed by atoms with Crippen LogP contribution in [0.1, 0.15) is 13.8 Å². The summed E-state index contributed by atoms with van der Waals surface area (Å²) in [6, 6.07) is 0. The van der Waals surface area contributed by atoms with Gasteiger partial charge in [-0.05, 0) is 5.92 Å². The number of nitrogen functional groups attached to an aromatic ring is 1. The van der Waals surface area contributed by atoms with Crippen LogP contribution in [0.25, 0.3) is 11.3 Å². The summed E-state index contributed by atoms with van der Waals surface area (Å²) in [4.78, 5) is 4.34. The van der Waals surface area contributed by atoms with Crippen molar-refractivity contribution in [3.05, 3.63) is 18.7 Å². The molecule has 0 aliphatic heterocycles. The van der Waals surface area contributed by atoms with E-state index in [0.717, 1.165) is 17.8 Å². The minimum Gasteiger partial charge on any atom is -0.383 e. The van der Waals surface area contributed by atoms with Crippen molar-refractivity contribution in [3.8, 4) is 11.3 Å². The van der Waals surface area contributed by atoms with Gasteiger partial charge in [0.2, 0.25) is 0 Å². The first-order valence-electron chi connectivity index (χ1n) is 5.37. The molecule has 5 nitrogen and oxygen atoms in total. The molecule has 0 saturated heterocycles. The molecule has 2 heterocycles. The van der Waals surface area contributed by atoms with Gasteiger partial charge in [-0.3, -0.25) is 4.68 Å². The third-order valence-corrected chi connectivity index (χ3v) is 2.42. The normalized spacial score (nSPS) is 11.2. The third-order valence-electron chi connectivity index (χ3n) is 2.42. The number of rotatable bonds is 3. The summed E-state index contributed by atoms with van der Waals surface area (Å²) in [5.41, 5.74) is 7.83. The molecule has 5 heteroatoms. The second-order valence-electron chi connectivity index (χ2n) is 4.43. The van der Waals surface area contributed by atoms with E-state index in [0.29, 0.717) is 11.7 Å². The van der Waals surface area contributed by atoms with E-state index in [2.05, 4.69) is 23.9 Å². The Morgan fingerprint density at radius 3 is 2.75 bits per heavy atom. The standard InChI is InChI=1S/C11H17N5/c1-8(2)5-16-7-13-10(11(16)12)9-4-14-15(3)6-9/h4,6-8H,5,12H2,1-3H3. The average molecular weight is 219 g/mol. The number of nitrogens with two attached hydrogens (primary N) is 1. The van der Waals surface area contributed by atoms with Crippen molar-refractivity contribution in [2.24, 2.45) is 13.0 Å². The lowest BCUT2D eigenvalue weighted by molar-refractivity contribution is 0.527. The topological polar surface area (TPSA) is 61.7 Å². The Morgan fingerprint density at radius 2 is 2.19 bits per heavy atom. The SMILES string of the molecule is CC(C)Cn1cnc(-c2cnn(C)c2)c1N. The molecule has 0 saturated carbocycles. The van der Waals surface area contributed by atoms with Crippen LogP contribution in [0.2, 0.25) is 0 Å². The van der Waals surface area contributed by atoms with Crippen LogP contribution < -0.4 is 5.73 Å². The fourth-order valence-electron chi connectivity index (χ4n) is 1.70. The Balaban J connectivity index is 2.33. The average Bonchev–Trinajstić information content (AvgIpc) is 2.74. The number of aromatic nitrogens is 4. The van der Waals surface area contributed by atoms with Gasteiger partial charge in [0.1, 0.15) is 11.5 Å². The van der Waals surface area contributed by atoms with E-state index in [1.165, 1.54) is 0 Å². The smallest absolute Gasteiger partial charge is 0.131 e. The van der Waals surface area contributed by atoms with E-state index in [1.54, 1.807) is 17.2 Å². The maximum atomic E-state index is 6.06.